The molecule has 3 nitrogen and oxygen atoms in total. The summed E-state index contributed by atoms with van der Waals surface area (Å²) in [5.74, 6) is -4.84. The molecule has 0 radical (unpaired) electrons. The van der Waals surface area contributed by atoms with Crippen LogP contribution in [0.25, 0.3) is 0 Å². The van der Waals surface area contributed by atoms with E-state index in [1.165, 1.54) is 4.90 Å². The normalized spacial score (nSPS) is 23.5. The molecule has 98 valence electrons. The summed E-state index contributed by atoms with van der Waals surface area (Å²) < 4.78 is 38.9. The smallest absolute Gasteiger partial charge is 0.254 e. The van der Waals surface area contributed by atoms with E-state index in [0.29, 0.717) is 25.1 Å². The Labute approximate surface area is 102 Å². The van der Waals surface area contributed by atoms with E-state index in [9.17, 15) is 18.0 Å². The lowest BCUT2D eigenvalue weighted by atomic mass is 10.1. The van der Waals surface area contributed by atoms with Crippen LogP contribution in [0.15, 0.2) is 12.1 Å². The van der Waals surface area contributed by atoms with Gasteiger partial charge in [-0.2, -0.15) is 0 Å². The molecular weight excluding hydrogens is 245 g/mol. The van der Waals surface area contributed by atoms with Crippen LogP contribution >= 0.6 is 0 Å². The quantitative estimate of drug-likeness (QED) is 0.779. The number of carbonyl (C=O) groups excluding carboxylic acids is 1. The van der Waals surface area contributed by atoms with Crippen molar-refractivity contribution in [3.63, 3.8) is 0 Å². The molecule has 1 fully saturated rings. The SMILES string of the molecule is CC1C(N)CCN1C(=O)c1cc(F)c(F)c(F)c1. The fraction of sp³-hybridized carbons (Fsp3) is 0.417. The Morgan fingerprint density at radius 1 is 1.33 bits per heavy atom. The van der Waals surface area contributed by atoms with Gasteiger partial charge in [0.2, 0.25) is 0 Å². The molecule has 2 N–H and O–H groups in total. The number of rotatable bonds is 1. The van der Waals surface area contributed by atoms with Crippen LogP contribution in [0.5, 0.6) is 0 Å². The Bertz CT molecular complexity index is 469. The van der Waals surface area contributed by atoms with Crippen LogP contribution in [-0.2, 0) is 0 Å². The van der Waals surface area contributed by atoms with Crippen molar-refractivity contribution in [3.8, 4) is 0 Å². The fourth-order valence-corrected chi connectivity index (χ4v) is 2.10. The Kier molecular flexibility index (Phi) is 3.30. The maximum absolute atomic E-state index is 13.1. The van der Waals surface area contributed by atoms with E-state index in [0.717, 1.165) is 0 Å². The van der Waals surface area contributed by atoms with Gasteiger partial charge in [0, 0.05) is 24.2 Å². The molecule has 1 heterocycles. The number of halogens is 3. The molecule has 1 aliphatic heterocycles. The first-order chi connectivity index (χ1) is 8.41. The van der Waals surface area contributed by atoms with Crippen molar-refractivity contribution in [2.45, 2.75) is 25.4 Å². The number of likely N-dealkylation sites (tertiary alicyclic amines) is 1. The third-order valence-electron chi connectivity index (χ3n) is 3.31. The van der Waals surface area contributed by atoms with Gasteiger partial charge < -0.3 is 10.6 Å². The van der Waals surface area contributed by atoms with Crippen molar-refractivity contribution >= 4 is 5.91 Å². The van der Waals surface area contributed by atoms with Gasteiger partial charge in [-0.1, -0.05) is 0 Å². The minimum absolute atomic E-state index is 0.149. The number of amides is 1. The second-order valence-corrected chi connectivity index (χ2v) is 4.45. The Morgan fingerprint density at radius 3 is 2.33 bits per heavy atom. The highest BCUT2D eigenvalue weighted by molar-refractivity contribution is 5.94. The van der Waals surface area contributed by atoms with Crippen LogP contribution in [0.3, 0.4) is 0 Å². The first-order valence-corrected chi connectivity index (χ1v) is 5.63. The number of hydrogen-bond acceptors (Lipinski definition) is 2. The van der Waals surface area contributed by atoms with Crippen molar-refractivity contribution in [2.24, 2.45) is 5.73 Å². The van der Waals surface area contributed by atoms with Crippen LogP contribution in [0.1, 0.15) is 23.7 Å². The average molecular weight is 258 g/mol. The molecule has 1 aromatic carbocycles. The molecule has 1 amide bonds. The summed E-state index contributed by atoms with van der Waals surface area (Å²) in [6.45, 7) is 2.20. The van der Waals surface area contributed by atoms with Crippen molar-refractivity contribution in [1.29, 1.82) is 0 Å². The molecule has 0 aliphatic carbocycles. The largest absolute Gasteiger partial charge is 0.334 e. The minimum Gasteiger partial charge on any atom is -0.334 e. The number of nitrogens with two attached hydrogens (primary N) is 1. The molecule has 6 heteroatoms. The maximum Gasteiger partial charge on any atom is 0.254 e. The molecule has 2 unspecified atom stereocenters. The predicted octanol–water partition coefficient (Wildman–Crippen LogP) is 1.67. The fourth-order valence-electron chi connectivity index (χ4n) is 2.10. The molecule has 1 saturated heterocycles. The molecule has 0 spiro atoms. The molecular formula is C12H13F3N2O. The highest BCUT2D eigenvalue weighted by Gasteiger charge is 2.32. The summed E-state index contributed by atoms with van der Waals surface area (Å²) in [5.41, 5.74) is 5.56. The standard InChI is InChI=1S/C12H13F3N2O/c1-6-10(16)2-3-17(6)12(18)7-4-8(13)11(15)9(14)5-7/h4-6,10H,2-3,16H2,1H3. The molecule has 2 rings (SSSR count). The lowest BCUT2D eigenvalue weighted by Gasteiger charge is -2.23. The molecule has 0 aromatic heterocycles. The van der Waals surface area contributed by atoms with E-state index in [1.54, 1.807) is 6.92 Å². The Balaban J connectivity index is 2.30. The Morgan fingerprint density at radius 2 is 1.89 bits per heavy atom. The zero-order chi connectivity index (χ0) is 13.4. The first-order valence-electron chi connectivity index (χ1n) is 5.63. The van der Waals surface area contributed by atoms with E-state index in [1.807, 2.05) is 0 Å². The van der Waals surface area contributed by atoms with Crippen LogP contribution in [0, 0.1) is 17.5 Å². The summed E-state index contributed by atoms with van der Waals surface area (Å²) in [6, 6.07) is 1.06. The number of nitrogens with zero attached hydrogens (tertiary/aromatic N) is 1. The minimum atomic E-state index is -1.57. The van der Waals surface area contributed by atoms with E-state index >= 15 is 0 Å². The highest BCUT2D eigenvalue weighted by atomic mass is 19.2. The number of hydrogen-bond donors (Lipinski definition) is 1. The van der Waals surface area contributed by atoms with Crippen LogP contribution in [0.2, 0.25) is 0 Å². The van der Waals surface area contributed by atoms with Crippen molar-refractivity contribution < 1.29 is 18.0 Å². The lowest BCUT2D eigenvalue weighted by molar-refractivity contribution is 0.0741. The van der Waals surface area contributed by atoms with E-state index in [2.05, 4.69) is 0 Å². The second kappa shape index (κ2) is 4.61. The van der Waals surface area contributed by atoms with Crippen LogP contribution in [-0.4, -0.2) is 29.4 Å². The Hall–Kier alpha value is -1.56. The van der Waals surface area contributed by atoms with Crippen molar-refractivity contribution in [3.05, 3.63) is 35.1 Å². The van der Waals surface area contributed by atoms with E-state index < -0.39 is 23.4 Å². The lowest BCUT2D eigenvalue weighted by Crippen LogP contribution is -2.40. The molecule has 1 aliphatic rings. The van der Waals surface area contributed by atoms with Gasteiger partial charge in [-0.15, -0.1) is 0 Å². The van der Waals surface area contributed by atoms with Gasteiger partial charge in [-0.05, 0) is 25.5 Å². The third kappa shape index (κ3) is 2.08. The van der Waals surface area contributed by atoms with Gasteiger partial charge in [-0.25, -0.2) is 13.2 Å². The molecule has 2 atom stereocenters. The zero-order valence-corrected chi connectivity index (χ0v) is 9.79. The van der Waals surface area contributed by atoms with E-state index in [4.69, 9.17) is 5.73 Å². The average Bonchev–Trinajstić information content (AvgIpc) is 2.65. The van der Waals surface area contributed by atoms with Gasteiger partial charge >= 0.3 is 0 Å². The van der Waals surface area contributed by atoms with Crippen LogP contribution < -0.4 is 5.73 Å². The summed E-state index contributed by atoms with van der Waals surface area (Å²) in [6.07, 6.45) is 0.638. The summed E-state index contributed by atoms with van der Waals surface area (Å²) in [4.78, 5) is 13.5. The topological polar surface area (TPSA) is 46.3 Å². The highest BCUT2D eigenvalue weighted by Crippen LogP contribution is 2.21. The molecule has 1 aromatic rings. The zero-order valence-electron chi connectivity index (χ0n) is 9.79. The molecule has 18 heavy (non-hydrogen) atoms. The van der Waals surface area contributed by atoms with Crippen molar-refractivity contribution in [1.82, 2.24) is 4.90 Å². The van der Waals surface area contributed by atoms with Crippen molar-refractivity contribution in [2.75, 3.05) is 6.54 Å². The summed E-state index contributed by atoms with van der Waals surface area (Å²) >= 11 is 0. The summed E-state index contributed by atoms with van der Waals surface area (Å²) in [7, 11) is 0. The molecule has 0 bridgehead atoms. The first kappa shape index (κ1) is 12.9. The monoisotopic (exact) mass is 258 g/mol. The maximum atomic E-state index is 13.1. The van der Waals surface area contributed by atoms with Gasteiger partial charge in [0.1, 0.15) is 0 Å². The summed E-state index contributed by atoms with van der Waals surface area (Å²) in [5, 5.41) is 0. The van der Waals surface area contributed by atoms with Gasteiger partial charge in [-0.3, -0.25) is 4.79 Å². The van der Waals surface area contributed by atoms with Gasteiger partial charge in [0.05, 0.1) is 0 Å². The number of benzene rings is 1. The van der Waals surface area contributed by atoms with E-state index in [-0.39, 0.29) is 17.6 Å². The molecule has 0 saturated carbocycles. The van der Waals surface area contributed by atoms with Gasteiger partial charge in [0.25, 0.3) is 5.91 Å². The third-order valence-corrected chi connectivity index (χ3v) is 3.31. The second-order valence-electron chi connectivity index (χ2n) is 4.45. The number of carbonyl (C=O) groups is 1. The van der Waals surface area contributed by atoms with Gasteiger partial charge in [0.15, 0.2) is 17.5 Å². The van der Waals surface area contributed by atoms with Crippen LogP contribution in [0.4, 0.5) is 13.2 Å². The predicted molar refractivity (Wildman–Crippen MR) is 59.4 cm³/mol.